The first-order chi connectivity index (χ1) is 18.0. The number of anilines is 1. The van der Waals surface area contributed by atoms with Gasteiger partial charge in [0, 0.05) is 36.4 Å². The van der Waals surface area contributed by atoms with E-state index in [1.807, 2.05) is 18.2 Å². The maximum Gasteiger partial charge on any atom is 0.257 e. The Morgan fingerprint density at radius 2 is 1.76 bits per heavy atom. The molecule has 1 aliphatic heterocycles. The topological polar surface area (TPSA) is 76.5 Å². The highest BCUT2D eigenvalue weighted by molar-refractivity contribution is 5.90. The van der Waals surface area contributed by atoms with Crippen LogP contribution in [0.2, 0.25) is 0 Å². The Morgan fingerprint density at radius 3 is 2.46 bits per heavy atom. The Labute approximate surface area is 214 Å². The van der Waals surface area contributed by atoms with E-state index in [0.29, 0.717) is 53.6 Å². The van der Waals surface area contributed by atoms with Crippen LogP contribution in [0, 0.1) is 5.82 Å². The number of benzene rings is 3. The molecule has 4 aromatic rings. The minimum atomic E-state index is -0.387. The molecule has 1 aromatic heterocycles. The summed E-state index contributed by atoms with van der Waals surface area (Å²) in [7, 11) is 1.57. The van der Waals surface area contributed by atoms with Crippen molar-refractivity contribution in [3.05, 3.63) is 112 Å². The Morgan fingerprint density at radius 1 is 1.03 bits per heavy atom. The summed E-state index contributed by atoms with van der Waals surface area (Å²) < 4.78 is 20.2. The number of halogens is 1. The number of nitrogens with zero attached hydrogens (tertiary/aromatic N) is 3. The number of fused-ring (bicyclic) bond motifs is 1. The molecule has 188 valence electrons. The average molecular weight is 499 g/mol. The van der Waals surface area contributed by atoms with Gasteiger partial charge in [0.1, 0.15) is 23.9 Å². The molecule has 1 N–H and O–H groups in total. The molecule has 0 saturated carbocycles. The molecule has 2 heterocycles. The van der Waals surface area contributed by atoms with Crippen molar-refractivity contribution in [3.8, 4) is 17.1 Å². The molecule has 8 heteroatoms. The van der Waals surface area contributed by atoms with Gasteiger partial charge in [0.15, 0.2) is 0 Å². The third-order valence-electron chi connectivity index (χ3n) is 6.43. The van der Waals surface area contributed by atoms with E-state index in [-0.39, 0.29) is 23.8 Å². The van der Waals surface area contributed by atoms with Crippen molar-refractivity contribution in [2.45, 2.75) is 26.1 Å². The third kappa shape index (κ3) is 5.59. The van der Waals surface area contributed by atoms with Crippen LogP contribution in [0.5, 0.6) is 5.75 Å². The Kier molecular flexibility index (Phi) is 7.09. The number of nitrogens with one attached hydrogen (secondary N) is 1. The highest BCUT2D eigenvalue weighted by Crippen LogP contribution is 2.23. The van der Waals surface area contributed by atoms with Crippen molar-refractivity contribution in [2.75, 3.05) is 19.0 Å². The molecule has 7 nitrogen and oxygen atoms in total. The van der Waals surface area contributed by atoms with Gasteiger partial charge in [-0.2, -0.15) is 0 Å². The molecule has 1 aliphatic rings. The Hall–Kier alpha value is -4.30. The van der Waals surface area contributed by atoms with Crippen LogP contribution in [0.1, 0.15) is 16.8 Å². The van der Waals surface area contributed by atoms with Crippen molar-refractivity contribution in [1.82, 2.24) is 14.5 Å². The van der Waals surface area contributed by atoms with E-state index in [4.69, 9.17) is 9.72 Å². The van der Waals surface area contributed by atoms with Gasteiger partial charge >= 0.3 is 0 Å². The Balaban J connectivity index is 1.45. The van der Waals surface area contributed by atoms with E-state index >= 15 is 0 Å². The predicted octanol–water partition coefficient (Wildman–Crippen LogP) is 4.26. The number of ether oxygens (including phenoxy) is 1. The van der Waals surface area contributed by atoms with Crippen molar-refractivity contribution in [3.63, 3.8) is 0 Å². The number of rotatable bonds is 7. The minimum absolute atomic E-state index is 0.217. The number of hydrogen-bond acceptors (Lipinski definition) is 5. The zero-order valence-corrected chi connectivity index (χ0v) is 20.5. The van der Waals surface area contributed by atoms with Crippen LogP contribution >= 0.6 is 0 Å². The molecule has 0 saturated heterocycles. The normalized spacial score (nSPS) is 13.1. The standard InChI is InChI=1S/C29H27FN4O3/c1-37-24-13-11-23(12-14-24)31-27(35)19-34-28(21-7-9-22(30)10-8-21)32-26-18-33(16-15-25(26)29(34)36)17-20-5-3-2-4-6-20/h2-14H,15-19H2,1H3,(H,31,35). The van der Waals surface area contributed by atoms with Gasteiger partial charge in [-0.3, -0.25) is 19.1 Å². The second-order valence-corrected chi connectivity index (χ2v) is 8.98. The molecule has 0 atom stereocenters. The van der Waals surface area contributed by atoms with E-state index in [0.717, 1.165) is 6.54 Å². The van der Waals surface area contributed by atoms with Crippen LogP contribution < -0.4 is 15.6 Å². The molecular formula is C29H27FN4O3. The van der Waals surface area contributed by atoms with E-state index in [1.54, 1.807) is 43.5 Å². The van der Waals surface area contributed by atoms with Gasteiger partial charge in [-0.05, 0) is 60.5 Å². The molecule has 3 aromatic carbocycles. The molecule has 0 bridgehead atoms. The Bertz CT molecular complexity index is 1450. The van der Waals surface area contributed by atoms with Crippen LogP contribution in [0.25, 0.3) is 11.4 Å². The lowest BCUT2D eigenvalue weighted by Gasteiger charge is -2.29. The van der Waals surface area contributed by atoms with Crippen LogP contribution in [0.15, 0.2) is 83.7 Å². The predicted molar refractivity (Wildman–Crippen MR) is 140 cm³/mol. The van der Waals surface area contributed by atoms with E-state index in [9.17, 15) is 14.0 Å². The number of amides is 1. The lowest BCUT2D eigenvalue weighted by molar-refractivity contribution is -0.116. The van der Waals surface area contributed by atoms with Gasteiger partial charge in [0.25, 0.3) is 5.56 Å². The van der Waals surface area contributed by atoms with Crippen LogP contribution in [-0.2, 0) is 30.8 Å². The molecule has 0 fully saturated rings. The van der Waals surface area contributed by atoms with Gasteiger partial charge in [-0.25, -0.2) is 9.37 Å². The van der Waals surface area contributed by atoms with Gasteiger partial charge < -0.3 is 10.1 Å². The fourth-order valence-corrected chi connectivity index (χ4v) is 4.54. The molecule has 0 radical (unpaired) electrons. The summed E-state index contributed by atoms with van der Waals surface area (Å²) in [6, 6.07) is 22.9. The molecule has 0 spiro atoms. The SMILES string of the molecule is COc1ccc(NC(=O)Cn2c(-c3ccc(F)cc3)nc3c(c2=O)CCN(Cc2ccccc2)C3)cc1. The van der Waals surface area contributed by atoms with Crippen molar-refractivity contribution < 1.29 is 13.9 Å². The summed E-state index contributed by atoms with van der Waals surface area (Å²) in [4.78, 5) is 33.7. The minimum Gasteiger partial charge on any atom is -0.497 e. The molecule has 37 heavy (non-hydrogen) atoms. The van der Waals surface area contributed by atoms with E-state index < -0.39 is 0 Å². The number of methoxy groups -OCH3 is 1. The van der Waals surface area contributed by atoms with Crippen molar-refractivity contribution in [2.24, 2.45) is 0 Å². The lowest BCUT2D eigenvalue weighted by atomic mass is 10.0. The molecular weight excluding hydrogens is 471 g/mol. The number of hydrogen-bond donors (Lipinski definition) is 1. The zero-order valence-electron chi connectivity index (χ0n) is 20.5. The van der Waals surface area contributed by atoms with Gasteiger partial charge in [-0.1, -0.05) is 30.3 Å². The molecule has 0 aliphatic carbocycles. The maximum absolute atomic E-state index is 13.7. The number of carbonyl (C=O) groups is 1. The summed E-state index contributed by atoms with van der Waals surface area (Å²) in [5.41, 5.74) is 3.41. The highest BCUT2D eigenvalue weighted by Gasteiger charge is 2.25. The first kappa shape index (κ1) is 24.4. The monoisotopic (exact) mass is 498 g/mol. The maximum atomic E-state index is 13.7. The van der Waals surface area contributed by atoms with Crippen molar-refractivity contribution in [1.29, 1.82) is 0 Å². The van der Waals surface area contributed by atoms with E-state index in [1.165, 1.54) is 22.3 Å². The first-order valence-corrected chi connectivity index (χ1v) is 12.1. The van der Waals surface area contributed by atoms with Gasteiger partial charge in [-0.15, -0.1) is 0 Å². The second-order valence-electron chi connectivity index (χ2n) is 8.98. The number of aromatic nitrogens is 2. The summed E-state index contributed by atoms with van der Waals surface area (Å²) in [5, 5.41) is 2.82. The summed E-state index contributed by atoms with van der Waals surface area (Å²) in [5.74, 6) is 0.268. The molecule has 5 rings (SSSR count). The summed E-state index contributed by atoms with van der Waals surface area (Å²) in [6.45, 7) is 1.77. The largest absolute Gasteiger partial charge is 0.497 e. The zero-order chi connectivity index (χ0) is 25.8. The molecule has 1 amide bonds. The number of carbonyl (C=O) groups excluding carboxylic acids is 1. The lowest BCUT2D eigenvalue weighted by Crippen LogP contribution is -2.39. The fourth-order valence-electron chi connectivity index (χ4n) is 4.54. The first-order valence-electron chi connectivity index (χ1n) is 12.1. The van der Waals surface area contributed by atoms with Gasteiger partial charge in [0.05, 0.1) is 12.8 Å². The van der Waals surface area contributed by atoms with Gasteiger partial charge in [0.2, 0.25) is 5.91 Å². The third-order valence-corrected chi connectivity index (χ3v) is 6.43. The van der Waals surface area contributed by atoms with Crippen LogP contribution in [0.3, 0.4) is 0 Å². The second kappa shape index (κ2) is 10.8. The summed E-state index contributed by atoms with van der Waals surface area (Å²) in [6.07, 6.45) is 0.539. The average Bonchev–Trinajstić information content (AvgIpc) is 2.91. The fraction of sp³-hybridized carbons (Fsp3) is 0.207. The van der Waals surface area contributed by atoms with E-state index in [2.05, 4.69) is 22.3 Å². The highest BCUT2D eigenvalue weighted by atomic mass is 19.1. The van der Waals surface area contributed by atoms with Crippen LogP contribution in [-0.4, -0.2) is 34.0 Å². The smallest absolute Gasteiger partial charge is 0.257 e. The van der Waals surface area contributed by atoms with Crippen LogP contribution in [0.4, 0.5) is 10.1 Å². The quantitative estimate of drug-likeness (QED) is 0.412. The van der Waals surface area contributed by atoms with Crippen molar-refractivity contribution >= 4 is 11.6 Å². The molecule has 0 unspecified atom stereocenters. The summed E-state index contributed by atoms with van der Waals surface area (Å²) >= 11 is 0.